The number of fused-ring (bicyclic) bond motifs is 1. The standard InChI is InChI=1S/C23H18N4/c1-3-9-18(10-4-1)21(19-11-5-2-6-12-19)15-16-24-26-23-22-14-8-7-13-20(22)17-25-27-23/h1-17H,(H,26,27)/b24-16-. The third-order valence-electron chi connectivity index (χ3n) is 4.23. The van der Waals surface area contributed by atoms with E-state index in [1.807, 2.05) is 66.7 Å². The summed E-state index contributed by atoms with van der Waals surface area (Å²) in [6.45, 7) is 0. The quantitative estimate of drug-likeness (QED) is 0.399. The lowest BCUT2D eigenvalue weighted by atomic mass is 9.98. The number of hydrogen-bond acceptors (Lipinski definition) is 4. The van der Waals surface area contributed by atoms with Gasteiger partial charge >= 0.3 is 0 Å². The summed E-state index contributed by atoms with van der Waals surface area (Å²) in [6, 6.07) is 28.5. The molecule has 4 aromatic rings. The lowest BCUT2D eigenvalue weighted by Gasteiger charge is -2.07. The summed E-state index contributed by atoms with van der Waals surface area (Å²) in [5.41, 5.74) is 6.38. The molecular weight excluding hydrogens is 332 g/mol. The Balaban J connectivity index is 1.62. The molecule has 1 aromatic heterocycles. The SMILES string of the molecule is C(/C=N\Nc1nncc2ccccc12)=C(c1ccccc1)c1ccccc1. The minimum Gasteiger partial charge on any atom is -0.259 e. The van der Waals surface area contributed by atoms with Crippen molar-refractivity contribution in [3.63, 3.8) is 0 Å². The Morgan fingerprint density at radius 3 is 2.11 bits per heavy atom. The summed E-state index contributed by atoms with van der Waals surface area (Å²) in [4.78, 5) is 0. The second kappa shape index (κ2) is 8.06. The number of rotatable bonds is 5. The predicted molar refractivity (Wildman–Crippen MR) is 112 cm³/mol. The molecule has 3 aromatic carbocycles. The van der Waals surface area contributed by atoms with Crippen LogP contribution in [0, 0.1) is 0 Å². The van der Waals surface area contributed by atoms with Crippen molar-refractivity contribution in [2.45, 2.75) is 0 Å². The first-order valence-corrected chi connectivity index (χ1v) is 8.72. The first-order valence-electron chi connectivity index (χ1n) is 8.72. The van der Waals surface area contributed by atoms with Gasteiger partial charge in [-0.15, -0.1) is 5.10 Å². The lowest BCUT2D eigenvalue weighted by molar-refractivity contribution is 1.04. The van der Waals surface area contributed by atoms with Crippen LogP contribution < -0.4 is 5.43 Å². The molecule has 0 atom stereocenters. The predicted octanol–water partition coefficient (Wildman–Crippen LogP) is 5.16. The summed E-state index contributed by atoms with van der Waals surface area (Å²) in [5.74, 6) is 0.638. The summed E-state index contributed by atoms with van der Waals surface area (Å²) in [6.07, 6.45) is 5.49. The Hall–Kier alpha value is -3.79. The number of nitrogens with one attached hydrogen (secondary N) is 1. The van der Waals surface area contributed by atoms with E-state index in [0.29, 0.717) is 5.82 Å². The molecule has 0 saturated carbocycles. The minimum absolute atomic E-state index is 0.638. The molecule has 0 aliphatic carbocycles. The van der Waals surface area contributed by atoms with Crippen molar-refractivity contribution in [1.82, 2.24) is 10.2 Å². The van der Waals surface area contributed by atoms with Crippen LogP contribution in [0.4, 0.5) is 5.82 Å². The second-order valence-corrected chi connectivity index (χ2v) is 5.98. The zero-order valence-electron chi connectivity index (χ0n) is 14.7. The average Bonchev–Trinajstić information content (AvgIpc) is 2.75. The van der Waals surface area contributed by atoms with Crippen LogP contribution in [0.25, 0.3) is 16.3 Å². The van der Waals surface area contributed by atoms with E-state index < -0.39 is 0 Å². The maximum atomic E-state index is 4.33. The summed E-state index contributed by atoms with van der Waals surface area (Å²) >= 11 is 0. The molecule has 0 amide bonds. The fourth-order valence-corrected chi connectivity index (χ4v) is 2.92. The third kappa shape index (κ3) is 3.90. The van der Waals surface area contributed by atoms with Gasteiger partial charge in [-0.1, -0.05) is 84.9 Å². The number of benzene rings is 3. The van der Waals surface area contributed by atoms with Crippen LogP contribution in [0.2, 0.25) is 0 Å². The highest BCUT2D eigenvalue weighted by atomic mass is 15.3. The molecular formula is C23H18N4. The van der Waals surface area contributed by atoms with E-state index in [1.165, 1.54) is 0 Å². The van der Waals surface area contributed by atoms with E-state index in [1.54, 1.807) is 12.4 Å². The Labute approximate surface area is 157 Å². The number of hydrazone groups is 1. The van der Waals surface area contributed by atoms with Crippen LogP contribution in [-0.4, -0.2) is 16.4 Å². The molecule has 0 unspecified atom stereocenters. The zero-order valence-corrected chi connectivity index (χ0v) is 14.7. The smallest absolute Gasteiger partial charge is 0.176 e. The van der Waals surface area contributed by atoms with E-state index in [2.05, 4.69) is 45.0 Å². The molecule has 0 radical (unpaired) electrons. The first-order chi connectivity index (χ1) is 13.4. The molecule has 1 N–H and O–H groups in total. The number of nitrogens with zero attached hydrogens (tertiary/aromatic N) is 3. The highest BCUT2D eigenvalue weighted by Gasteiger charge is 2.03. The van der Waals surface area contributed by atoms with Gasteiger partial charge in [0.1, 0.15) is 0 Å². The van der Waals surface area contributed by atoms with Gasteiger partial charge in [0, 0.05) is 17.0 Å². The van der Waals surface area contributed by atoms with Crippen molar-refractivity contribution >= 4 is 28.4 Å². The van der Waals surface area contributed by atoms with E-state index in [0.717, 1.165) is 27.5 Å². The van der Waals surface area contributed by atoms with E-state index in [9.17, 15) is 0 Å². The monoisotopic (exact) mass is 350 g/mol. The summed E-state index contributed by atoms with van der Waals surface area (Å²) in [7, 11) is 0. The number of aromatic nitrogens is 2. The van der Waals surface area contributed by atoms with Crippen molar-refractivity contribution in [2.24, 2.45) is 5.10 Å². The van der Waals surface area contributed by atoms with Gasteiger partial charge in [0.2, 0.25) is 0 Å². The van der Waals surface area contributed by atoms with E-state index in [-0.39, 0.29) is 0 Å². The van der Waals surface area contributed by atoms with Gasteiger partial charge in [0.15, 0.2) is 5.82 Å². The normalized spacial score (nSPS) is 10.8. The molecule has 0 saturated heterocycles. The molecule has 0 aliphatic rings. The molecule has 0 fully saturated rings. The molecule has 4 heteroatoms. The van der Waals surface area contributed by atoms with Crippen LogP contribution in [0.1, 0.15) is 11.1 Å². The maximum absolute atomic E-state index is 4.33. The number of hydrogen-bond donors (Lipinski definition) is 1. The fraction of sp³-hybridized carbons (Fsp3) is 0. The molecule has 1 heterocycles. The molecule has 0 bridgehead atoms. The molecule has 0 aliphatic heterocycles. The first kappa shape index (κ1) is 16.7. The zero-order chi connectivity index (χ0) is 18.3. The lowest BCUT2D eigenvalue weighted by Crippen LogP contribution is -1.96. The van der Waals surface area contributed by atoms with Gasteiger partial charge < -0.3 is 0 Å². The second-order valence-electron chi connectivity index (χ2n) is 5.98. The Bertz CT molecular complexity index is 1040. The van der Waals surface area contributed by atoms with Crippen LogP contribution in [0.15, 0.2) is 102 Å². The van der Waals surface area contributed by atoms with Crippen LogP contribution in [0.5, 0.6) is 0 Å². The van der Waals surface area contributed by atoms with Crippen molar-refractivity contribution in [2.75, 3.05) is 5.43 Å². The van der Waals surface area contributed by atoms with E-state index >= 15 is 0 Å². The van der Waals surface area contributed by atoms with Gasteiger partial charge in [-0.3, -0.25) is 5.43 Å². The summed E-state index contributed by atoms with van der Waals surface area (Å²) in [5, 5.41) is 14.5. The minimum atomic E-state index is 0.638. The third-order valence-corrected chi connectivity index (χ3v) is 4.23. The van der Waals surface area contributed by atoms with Gasteiger partial charge in [-0.05, 0) is 22.8 Å². The highest BCUT2D eigenvalue weighted by Crippen LogP contribution is 2.22. The Kier molecular flexibility index (Phi) is 4.97. The number of allylic oxidation sites excluding steroid dienone is 1. The molecule has 4 rings (SSSR count). The van der Waals surface area contributed by atoms with Crippen LogP contribution >= 0.6 is 0 Å². The van der Waals surface area contributed by atoms with Crippen LogP contribution in [0.3, 0.4) is 0 Å². The molecule has 4 nitrogen and oxygen atoms in total. The molecule has 130 valence electrons. The van der Waals surface area contributed by atoms with Gasteiger partial charge in [0.05, 0.1) is 6.20 Å². The van der Waals surface area contributed by atoms with Crippen LogP contribution in [-0.2, 0) is 0 Å². The largest absolute Gasteiger partial charge is 0.259 e. The van der Waals surface area contributed by atoms with Crippen molar-refractivity contribution in [3.8, 4) is 0 Å². The number of anilines is 1. The van der Waals surface area contributed by atoms with Gasteiger partial charge in [0.25, 0.3) is 0 Å². The maximum Gasteiger partial charge on any atom is 0.176 e. The van der Waals surface area contributed by atoms with E-state index in [4.69, 9.17) is 0 Å². The van der Waals surface area contributed by atoms with Crippen molar-refractivity contribution < 1.29 is 0 Å². The van der Waals surface area contributed by atoms with Crippen molar-refractivity contribution in [3.05, 3.63) is 108 Å². The molecule has 27 heavy (non-hydrogen) atoms. The average molecular weight is 350 g/mol. The molecule has 0 spiro atoms. The topological polar surface area (TPSA) is 50.2 Å². The highest BCUT2D eigenvalue weighted by molar-refractivity contribution is 5.93. The Morgan fingerprint density at radius 1 is 0.778 bits per heavy atom. The fourth-order valence-electron chi connectivity index (χ4n) is 2.92. The summed E-state index contributed by atoms with van der Waals surface area (Å²) < 4.78 is 0. The van der Waals surface area contributed by atoms with Gasteiger partial charge in [-0.25, -0.2) is 0 Å². The Morgan fingerprint density at radius 2 is 1.41 bits per heavy atom. The van der Waals surface area contributed by atoms with Crippen molar-refractivity contribution in [1.29, 1.82) is 0 Å². The van der Waals surface area contributed by atoms with Gasteiger partial charge in [-0.2, -0.15) is 10.2 Å².